The standard InChI is InChI=1S/C6H6N2O2/c7-6(9)8-4-5-2-1-3-10-5/h1-4H,(H2,7,9). The Morgan fingerprint density at radius 1 is 1.80 bits per heavy atom. The van der Waals surface area contributed by atoms with Crippen molar-refractivity contribution in [3.63, 3.8) is 0 Å². The van der Waals surface area contributed by atoms with Crippen molar-refractivity contribution >= 4 is 12.2 Å². The first-order chi connectivity index (χ1) is 4.79. The van der Waals surface area contributed by atoms with Gasteiger partial charge in [0.15, 0.2) is 0 Å². The van der Waals surface area contributed by atoms with Crippen molar-refractivity contribution in [3.8, 4) is 0 Å². The molecule has 4 nitrogen and oxygen atoms in total. The molecule has 0 atom stereocenters. The van der Waals surface area contributed by atoms with Gasteiger partial charge < -0.3 is 10.2 Å². The Balaban J connectivity index is 2.64. The summed E-state index contributed by atoms with van der Waals surface area (Å²) in [6.07, 6.45) is 2.75. The van der Waals surface area contributed by atoms with Gasteiger partial charge in [-0.2, -0.15) is 4.99 Å². The summed E-state index contributed by atoms with van der Waals surface area (Å²) in [5.41, 5.74) is 4.73. The van der Waals surface area contributed by atoms with E-state index >= 15 is 0 Å². The maximum absolute atomic E-state index is 10.1. The fraction of sp³-hybridized carbons (Fsp3) is 0. The number of primary amides is 1. The molecule has 0 radical (unpaired) electrons. The Labute approximate surface area is 57.4 Å². The number of carbonyl (C=O) groups is 1. The lowest BCUT2D eigenvalue weighted by Gasteiger charge is -1.79. The van der Waals surface area contributed by atoms with Crippen LogP contribution in [0.2, 0.25) is 0 Å². The number of nitrogens with zero attached hydrogens (tertiary/aromatic N) is 1. The van der Waals surface area contributed by atoms with Crippen molar-refractivity contribution in [3.05, 3.63) is 24.2 Å². The van der Waals surface area contributed by atoms with Crippen molar-refractivity contribution in [1.29, 1.82) is 0 Å². The number of urea groups is 1. The molecule has 0 aliphatic carbocycles. The number of aliphatic imine (C=N–C) groups is 1. The molecule has 0 fully saturated rings. The molecular weight excluding hydrogens is 132 g/mol. The molecule has 2 amide bonds. The fourth-order valence-corrected chi connectivity index (χ4v) is 0.492. The normalized spacial score (nSPS) is 10.4. The highest BCUT2D eigenvalue weighted by Crippen LogP contribution is 1.94. The molecule has 10 heavy (non-hydrogen) atoms. The zero-order valence-electron chi connectivity index (χ0n) is 5.15. The lowest BCUT2D eigenvalue weighted by atomic mass is 10.5. The van der Waals surface area contributed by atoms with E-state index in [1.807, 2.05) is 0 Å². The van der Waals surface area contributed by atoms with Crippen LogP contribution in [0.3, 0.4) is 0 Å². The smallest absolute Gasteiger partial charge is 0.338 e. The number of rotatable bonds is 1. The molecular formula is C6H6N2O2. The van der Waals surface area contributed by atoms with Gasteiger partial charge in [-0.15, -0.1) is 0 Å². The molecule has 1 heterocycles. The quantitative estimate of drug-likeness (QED) is 0.582. The maximum atomic E-state index is 10.1. The summed E-state index contributed by atoms with van der Waals surface area (Å²) in [4.78, 5) is 13.4. The summed E-state index contributed by atoms with van der Waals surface area (Å²) in [6.45, 7) is 0. The molecule has 52 valence electrons. The van der Waals surface area contributed by atoms with E-state index in [0.717, 1.165) is 0 Å². The second kappa shape index (κ2) is 2.82. The monoisotopic (exact) mass is 138 g/mol. The van der Waals surface area contributed by atoms with Crippen LogP contribution in [0.25, 0.3) is 0 Å². The minimum atomic E-state index is -0.726. The molecule has 1 rings (SSSR count). The number of carbonyl (C=O) groups excluding carboxylic acids is 1. The highest BCUT2D eigenvalue weighted by atomic mass is 16.3. The van der Waals surface area contributed by atoms with Crippen LogP contribution < -0.4 is 5.73 Å². The predicted octanol–water partition coefficient (Wildman–Crippen LogP) is 0.777. The van der Waals surface area contributed by atoms with E-state index in [2.05, 4.69) is 4.99 Å². The summed E-state index contributed by atoms with van der Waals surface area (Å²) >= 11 is 0. The number of hydrogen-bond donors (Lipinski definition) is 1. The second-order valence-electron chi connectivity index (χ2n) is 1.61. The van der Waals surface area contributed by atoms with E-state index in [1.165, 1.54) is 12.5 Å². The molecule has 0 aliphatic rings. The zero-order chi connectivity index (χ0) is 7.40. The molecule has 4 heteroatoms. The first-order valence-corrected chi connectivity index (χ1v) is 2.66. The Morgan fingerprint density at radius 2 is 2.60 bits per heavy atom. The summed E-state index contributed by atoms with van der Waals surface area (Å²) in [5, 5.41) is 0. The van der Waals surface area contributed by atoms with E-state index in [9.17, 15) is 4.79 Å². The van der Waals surface area contributed by atoms with Gasteiger partial charge in [-0.3, -0.25) is 0 Å². The van der Waals surface area contributed by atoms with Crippen LogP contribution in [0.4, 0.5) is 4.79 Å². The fourth-order valence-electron chi connectivity index (χ4n) is 0.492. The Hall–Kier alpha value is -1.58. The third-order valence-electron chi connectivity index (χ3n) is 0.862. The Bertz CT molecular complexity index is 238. The lowest BCUT2D eigenvalue weighted by Crippen LogP contribution is -2.03. The SMILES string of the molecule is NC(=O)N=Cc1ccco1. The van der Waals surface area contributed by atoms with Gasteiger partial charge in [-0.05, 0) is 12.1 Å². The van der Waals surface area contributed by atoms with Gasteiger partial charge in [0.2, 0.25) is 0 Å². The van der Waals surface area contributed by atoms with Gasteiger partial charge in [-0.1, -0.05) is 0 Å². The zero-order valence-corrected chi connectivity index (χ0v) is 5.15. The van der Waals surface area contributed by atoms with Crippen molar-refractivity contribution in [2.75, 3.05) is 0 Å². The third kappa shape index (κ3) is 1.74. The van der Waals surface area contributed by atoms with Gasteiger partial charge in [0.25, 0.3) is 0 Å². The molecule has 0 unspecified atom stereocenters. The first kappa shape index (κ1) is 6.54. The van der Waals surface area contributed by atoms with Crippen LogP contribution in [-0.4, -0.2) is 12.2 Å². The van der Waals surface area contributed by atoms with E-state index in [4.69, 9.17) is 10.2 Å². The van der Waals surface area contributed by atoms with Crippen LogP contribution in [0.5, 0.6) is 0 Å². The van der Waals surface area contributed by atoms with Crippen LogP contribution in [-0.2, 0) is 0 Å². The molecule has 0 saturated carbocycles. The largest absolute Gasteiger partial charge is 0.463 e. The topological polar surface area (TPSA) is 68.6 Å². The van der Waals surface area contributed by atoms with Crippen LogP contribution >= 0.6 is 0 Å². The molecule has 0 aromatic carbocycles. The van der Waals surface area contributed by atoms with E-state index in [-0.39, 0.29) is 0 Å². The van der Waals surface area contributed by atoms with Crippen LogP contribution in [0, 0.1) is 0 Å². The number of furan rings is 1. The third-order valence-corrected chi connectivity index (χ3v) is 0.862. The predicted molar refractivity (Wildman–Crippen MR) is 35.9 cm³/mol. The number of nitrogens with two attached hydrogens (primary N) is 1. The Kier molecular flexibility index (Phi) is 1.84. The Morgan fingerprint density at radius 3 is 3.10 bits per heavy atom. The molecule has 1 aromatic rings. The van der Waals surface area contributed by atoms with Gasteiger partial charge in [-0.25, -0.2) is 4.79 Å². The second-order valence-corrected chi connectivity index (χ2v) is 1.61. The molecule has 0 aliphatic heterocycles. The summed E-state index contributed by atoms with van der Waals surface area (Å²) in [5.74, 6) is 0.513. The van der Waals surface area contributed by atoms with Gasteiger partial charge >= 0.3 is 6.03 Å². The van der Waals surface area contributed by atoms with Crippen molar-refractivity contribution in [1.82, 2.24) is 0 Å². The summed E-state index contributed by atoms with van der Waals surface area (Å²) in [7, 11) is 0. The van der Waals surface area contributed by atoms with E-state index in [0.29, 0.717) is 5.76 Å². The van der Waals surface area contributed by atoms with Crippen molar-refractivity contribution in [2.45, 2.75) is 0 Å². The number of amides is 2. The summed E-state index contributed by atoms with van der Waals surface area (Å²) < 4.78 is 4.83. The van der Waals surface area contributed by atoms with Crippen molar-refractivity contribution in [2.24, 2.45) is 10.7 Å². The van der Waals surface area contributed by atoms with Gasteiger partial charge in [0.05, 0.1) is 12.5 Å². The van der Waals surface area contributed by atoms with Gasteiger partial charge in [0.1, 0.15) is 5.76 Å². The molecule has 0 saturated heterocycles. The lowest BCUT2D eigenvalue weighted by molar-refractivity contribution is 0.257. The average molecular weight is 138 g/mol. The van der Waals surface area contributed by atoms with Crippen molar-refractivity contribution < 1.29 is 9.21 Å². The molecule has 1 aromatic heterocycles. The molecule has 0 spiro atoms. The molecule has 0 bridgehead atoms. The maximum Gasteiger partial charge on any atom is 0.338 e. The highest BCUT2D eigenvalue weighted by Gasteiger charge is 1.88. The van der Waals surface area contributed by atoms with E-state index < -0.39 is 6.03 Å². The average Bonchev–Trinajstić information content (AvgIpc) is 2.34. The van der Waals surface area contributed by atoms with Crippen LogP contribution in [0.15, 0.2) is 27.8 Å². The highest BCUT2D eigenvalue weighted by molar-refractivity contribution is 5.88. The van der Waals surface area contributed by atoms with E-state index in [1.54, 1.807) is 12.1 Å². The molecule has 2 N–H and O–H groups in total. The first-order valence-electron chi connectivity index (χ1n) is 2.66. The number of hydrogen-bond acceptors (Lipinski definition) is 2. The summed E-state index contributed by atoms with van der Waals surface area (Å²) in [6, 6.07) is 2.64. The van der Waals surface area contributed by atoms with Crippen LogP contribution in [0.1, 0.15) is 5.76 Å². The minimum Gasteiger partial charge on any atom is -0.463 e. The minimum absolute atomic E-state index is 0.513. The van der Waals surface area contributed by atoms with Gasteiger partial charge in [0, 0.05) is 0 Å².